The van der Waals surface area contributed by atoms with Crippen LogP contribution < -0.4 is 11.1 Å². The van der Waals surface area contributed by atoms with Gasteiger partial charge < -0.3 is 16.2 Å². The molecule has 0 radical (unpaired) electrons. The Bertz CT molecular complexity index is 373. The molecule has 0 aliphatic rings. The monoisotopic (exact) mass is 222 g/mol. The maximum absolute atomic E-state index is 11.9. The summed E-state index contributed by atoms with van der Waals surface area (Å²) in [6.45, 7) is 4.00. The van der Waals surface area contributed by atoms with Gasteiger partial charge in [-0.25, -0.2) is 0 Å². The molecule has 0 saturated carbocycles. The molecule has 0 heterocycles. The second kappa shape index (κ2) is 4.99. The van der Waals surface area contributed by atoms with Crippen molar-refractivity contribution in [3.05, 3.63) is 24.3 Å². The number of hydrogen-bond donors (Lipinski definition) is 3. The molecule has 1 rings (SSSR count). The lowest BCUT2D eigenvalue weighted by atomic mass is 9.86. The Labute approximate surface area is 95.5 Å². The van der Waals surface area contributed by atoms with Crippen molar-refractivity contribution in [2.75, 3.05) is 11.9 Å². The molecule has 0 saturated heterocycles. The third-order valence-corrected chi connectivity index (χ3v) is 2.93. The molecular weight excluding hydrogens is 204 g/mol. The van der Waals surface area contributed by atoms with Gasteiger partial charge in [0.2, 0.25) is 5.91 Å². The van der Waals surface area contributed by atoms with Gasteiger partial charge in [0.05, 0.1) is 11.1 Å². The number of para-hydroxylation sites is 2. The Hall–Kier alpha value is -1.55. The molecule has 1 aromatic carbocycles. The molecule has 0 spiro atoms. The zero-order valence-electron chi connectivity index (χ0n) is 9.66. The number of phenolic OH excluding ortho intramolecular Hbond substituents is 1. The predicted molar refractivity (Wildman–Crippen MR) is 64.2 cm³/mol. The zero-order chi connectivity index (χ0) is 12.2. The third-order valence-electron chi connectivity index (χ3n) is 2.93. The van der Waals surface area contributed by atoms with Gasteiger partial charge in [0.25, 0.3) is 0 Å². The van der Waals surface area contributed by atoms with E-state index >= 15 is 0 Å². The molecule has 0 fully saturated rings. The quantitative estimate of drug-likeness (QED) is 0.679. The van der Waals surface area contributed by atoms with Gasteiger partial charge >= 0.3 is 0 Å². The Kier molecular flexibility index (Phi) is 3.90. The highest BCUT2D eigenvalue weighted by atomic mass is 16.3. The molecule has 4 N–H and O–H groups in total. The standard InChI is InChI=1S/C12H18N2O2/c1-3-12(2,8-13)11(16)14-9-6-4-5-7-10(9)15/h4-7,15H,3,8,13H2,1-2H3,(H,14,16). The summed E-state index contributed by atoms with van der Waals surface area (Å²) >= 11 is 0. The van der Waals surface area contributed by atoms with Crippen LogP contribution in [0.3, 0.4) is 0 Å². The fourth-order valence-electron chi connectivity index (χ4n) is 1.25. The van der Waals surface area contributed by atoms with E-state index in [1.807, 2.05) is 13.8 Å². The summed E-state index contributed by atoms with van der Waals surface area (Å²) in [5.41, 5.74) is 5.41. The molecule has 0 bridgehead atoms. The van der Waals surface area contributed by atoms with Crippen LogP contribution in [0, 0.1) is 5.41 Å². The Morgan fingerprint density at radius 1 is 1.50 bits per heavy atom. The molecule has 4 heteroatoms. The predicted octanol–water partition coefficient (Wildman–Crippen LogP) is 1.71. The number of amides is 1. The van der Waals surface area contributed by atoms with Crippen molar-refractivity contribution in [1.82, 2.24) is 0 Å². The number of anilines is 1. The summed E-state index contributed by atoms with van der Waals surface area (Å²) < 4.78 is 0. The van der Waals surface area contributed by atoms with Crippen LogP contribution >= 0.6 is 0 Å². The second-order valence-corrected chi connectivity index (χ2v) is 4.09. The average Bonchev–Trinajstić information content (AvgIpc) is 2.31. The number of carbonyl (C=O) groups excluding carboxylic acids is 1. The van der Waals surface area contributed by atoms with Crippen molar-refractivity contribution >= 4 is 11.6 Å². The van der Waals surface area contributed by atoms with Crippen molar-refractivity contribution in [3.8, 4) is 5.75 Å². The van der Waals surface area contributed by atoms with Crippen molar-refractivity contribution < 1.29 is 9.90 Å². The lowest BCUT2D eigenvalue weighted by Crippen LogP contribution is -2.39. The van der Waals surface area contributed by atoms with Crippen molar-refractivity contribution in [2.24, 2.45) is 11.1 Å². The van der Waals surface area contributed by atoms with Crippen LogP contribution in [-0.4, -0.2) is 17.6 Å². The summed E-state index contributed by atoms with van der Waals surface area (Å²) in [5.74, 6) is -0.106. The minimum absolute atomic E-state index is 0.0614. The van der Waals surface area contributed by atoms with Gasteiger partial charge in [0.1, 0.15) is 5.75 Å². The first kappa shape index (κ1) is 12.5. The fraction of sp³-hybridized carbons (Fsp3) is 0.417. The number of hydrogen-bond acceptors (Lipinski definition) is 3. The average molecular weight is 222 g/mol. The molecule has 16 heavy (non-hydrogen) atoms. The van der Waals surface area contributed by atoms with Gasteiger partial charge in [-0.15, -0.1) is 0 Å². The van der Waals surface area contributed by atoms with Crippen LogP contribution in [0.2, 0.25) is 0 Å². The van der Waals surface area contributed by atoms with E-state index in [4.69, 9.17) is 5.73 Å². The summed E-state index contributed by atoms with van der Waals surface area (Å²) in [6.07, 6.45) is 0.656. The van der Waals surface area contributed by atoms with Gasteiger partial charge in [0.15, 0.2) is 0 Å². The Morgan fingerprint density at radius 2 is 2.12 bits per heavy atom. The smallest absolute Gasteiger partial charge is 0.231 e. The molecule has 1 atom stereocenters. The maximum atomic E-state index is 11.9. The summed E-state index contributed by atoms with van der Waals surface area (Å²) in [7, 11) is 0. The molecule has 0 aliphatic heterocycles. The third kappa shape index (κ3) is 2.52. The number of nitrogens with two attached hydrogens (primary N) is 1. The molecule has 88 valence electrons. The Balaban J connectivity index is 2.83. The van der Waals surface area contributed by atoms with Crippen molar-refractivity contribution in [1.29, 1.82) is 0 Å². The van der Waals surface area contributed by atoms with Gasteiger partial charge in [-0.2, -0.15) is 0 Å². The molecule has 1 amide bonds. The minimum atomic E-state index is -0.595. The second-order valence-electron chi connectivity index (χ2n) is 4.09. The van der Waals surface area contributed by atoms with E-state index in [1.54, 1.807) is 18.2 Å². The van der Waals surface area contributed by atoms with E-state index in [1.165, 1.54) is 6.07 Å². The van der Waals surface area contributed by atoms with E-state index < -0.39 is 5.41 Å². The van der Waals surface area contributed by atoms with Crippen LogP contribution in [0.4, 0.5) is 5.69 Å². The van der Waals surface area contributed by atoms with Crippen LogP contribution in [0.5, 0.6) is 5.75 Å². The number of benzene rings is 1. The molecular formula is C12H18N2O2. The highest BCUT2D eigenvalue weighted by Gasteiger charge is 2.29. The van der Waals surface area contributed by atoms with Crippen LogP contribution in [-0.2, 0) is 4.79 Å². The van der Waals surface area contributed by atoms with Crippen LogP contribution in [0.15, 0.2) is 24.3 Å². The van der Waals surface area contributed by atoms with Gasteiger partial charge in [-0.3, -0.25) is 4.79 Å². The number of rotatable bonds is 4. The lowest BCUT2D eigenvalue weighted by Gasteiger charge is -2.25. The topological polar surface area (TPSA) is 75.4 Å². The number of nitrogens with one attached hydrogen (secondary N) is 1. The first-order valence-corrected chi connectivity index (χ1v) is 5.33. The SMILES string of the molecule is CCC(C)(CN)C(=O)Nc1ccccc1O. The van der Waals surface area contributed by atoms with Gasteiger partial charge in [0, 0.05) is 6.54 Å². The van der Waals surface area contributed by atoms with Gasteiger partial charge in [-0.1, -0.05) is 19.1 Å². The van der Waals surface area contributed by atoms with E-state index in [0.717, 1.165) is 0 Å². The summed E-state index contributed by atoms with van der Waals surface area (Å²) in [6, 6.07) is 6.63. The van der Waals surface area contributed by atoms with Crippen LogP contribution in [0.25, 0.3) is 0 Å². The van der Waals surface area contributed by atoms with Crippen molar-refractivity contribution in [2.45, 2.75) is 20.3 Å². The number of aromatic hydroxyl groups is 1. The molecule has 0 aliphatic carbocycles. The van der Waals surface area contributed by atoms with E-state index in [2.05, 4.69) is 5.32 Å². The van der Waals surface area contributed by atoms with Crippen molar-refractivity contribution in [3.63, 3.8) is 0 Å². The maximum Gasteiger partial charge on any atom is 0.231 e. The molecule has 1 unspecified atom stereocenters. The Morgan fingerprint density at radius 3 is 2.62 bits per heavy atom. The van der Waals surface area contributed by atoms with E-state index in [0.29, 0.717) is 12.1 Å². The van der Waals surface area contributed by atoms with Crippen LogP contribution in [0.1, 0.15) is 20.3 Å². The highest BCUT2D eigenvalue weighted by molar-refractivity contribution is 5.96. The largest absolute Gasteiger partial charge is 0.506 e. The van der Waals surface area contributed by atoms with E-state index in [9.17, 15) is 9.90 Å². The summed E-state index contributed by atoms with van der Waals surface area (Å²) in [5, 5.41) is 12.2. The normalized spacial score (nSPS) is 14.2. The minimum Gasteiger partial charge on any atom is -0.506 e. The molecule has 0 aromatic heterocycles. The number of phenols is 1. The lowest BCUT2D eigenvalue weighted by molar-refractivity contribution is -0.124. The fourth-order valence-corrected chi connectivity index (χ4v) is 1.25. The first-order chi connectivity index (χ1) is 7.53. The number of carbonyl (C=O) groups is 1. The molecule has 1 aromatic rings. The summed E-state index contributed by atoms with van der Waals surface area (Å²) in [4.78, 5) is 11.9. The first-order valence-electron chi connectivity index (χ1n) is 5.33. The zero-order valence-corrected chi connectivity index (χ0v) is 9.66. The van der Waals surface area contributed by atoms with Gasteiger partial charge in [-0.05, 0) is 25.5 Å². The highest BCUT2D eigenvalue weighted by Crippen LogP contribution is 2.26. The molecule has 4 nitrogen and oxygen atoms in total. The van der Waals surface area contributed by atoms with E-state index in [-0.39, 0.29) is 18.2 Å².